The first-order chi connectivity index (χ1) is 7.60. The number of hydrogen-bond donors (Lipinski definition) is 2. The predicted octanol–water partition coefficient (Wildman–Crippen LogP) is 0.219. The number of benzene rings is 1. The van der Waals surface area contributed by atoms with Gasteiger partial charge in [-0.3, -0.25) is 0 Å². The molecule has 0 saturated carbocycles. The fourth-order valence-corrected chi connectivity index (χ4v) is 2.22. The van der Waals surface area contributed by atoms with Gasteiger partial charge in [0.25, 0.3) is 0 Å². The number of rotatable bonds is 5. The van der Waals surface area contributed by atoms with Gasteiger partial charge < -0.3 is 5.11 Å². The van der Waals surface area contributed by atoms with Crippen molar-refractivity contribution in [2.45, 2.75) is 11.3 Å². The van der Waals surface area contributed by atoms with Crippen LogP contribution < -0.4 is 4.72 Å². The second-order valence-corrected chi connectivity index (χ2v) is 4.88. The van der Waals surface area contributed by atoms with Gasteiger partial charge in [-0.1, -0.05) is 6.07 Å². The minimum Gasteiger partial charge on any atom is -0.396 e. The van der Waals surface area contributed by atoms with Crippen LogP contribution in [0.25, 0.3) is 0 Å². The molecule has 16 heavy (non-hydrogen) atoms. The number of hydrogen-bond acceptors (Lipinski definition) is 4. The van der Waals surface area contributed by atoms with Gasteiger partial charge in [-0.2, -0.15) is 5.26 Å². The maximum Gasteiger partial charge on any atom is 0.240 e. The summed E-state index contributed by atoms with van der Waals surface area (Å²) in [6.07, 6.45) is 0.358. The number of sulfonamides is 1. The first kappa shape index (κ1) is 12.6. The molecule has 0 fully saturated rings. The molecule has 0 aliphatic rings. The first-order valence-electron chi connectivity index (χ1n) is 4.71. The van der Waals surface area contributed by atoms with E-state index in [1.807, 2.05) is 6.07 Å². The summed E-state index contributed by atoms with van der Waals surface area (Å²) >= 11 is 0. The summed E-state index contributed by atoms with van der Waals surface area (Å²) in [5, 5.41) is 17.2. The van der Waals surface area contributed by atoms with E-state index in [9.17, 15) is 8.42 Å². The maximum absolute atomic E-state index is 11.7. The van der Waals surface area contributed by atoms with Crippen LogP contribution in [0.4, 0.5) is 0 Å². The highest BCUT2D eigenvalue weighted by Crippen LogP contribution is 2.10. The molecule has 1 rings (SSSR count). The van der Waals surface area contributed by atoms with Crippen LogP contribution in [-0.2, 0) is 10.0 Å². The molecular formula is C10H12N2O3S. The third-order valence-corrected chi connectivity index (χ3v) is 3.36. The van der Waals surface area contributed by atoms with Crippen LogP contribution >= 0.6 is 0 Å². The van der Waals surface area contributed by atoms with Crippen molar-refractivity contribution in [1.29, 1.82) is 5.26 Å². The Morgan fingerprint density at radius 1 is 1.44 bits per heavy atom. The van der Waals surface area contributed by atoms with Crippen LogP contribution in [0.3, 0.4) is 0 Å². The lowest BCUT2D eigenvalue weighted by Gasteiger charge is -2.05. The van der Waals surface area contributed by atoms with E-state index in [0.717, 1.165) is 0 Å². The fraction of sp³-hybridized carbons (Fsp3) is 0.300. The summed E-state index contributed by atoms with van der Waals surface area (Å²) in [7, 11) is -3.58. The largest absolute Gasteiger partial charge is 0.396 e. The van der Waals surface area contributed by atoms with Gasteiger partial charge in [0.15, 0.2) is 0 Å². The number of aliphatic hydroxyl groups excluding tert-OH is 1. The van der Waals surface area contributed by atoms with E-state index < -0.39 is 10.0 Å². The van der Waals surface area contributed by atoms with Gasteiger partial charge in [0.05, 0.1) is 16.5 Å². The molecule has 1 aromatic carbocycles. The van der Waals surface area contributed by atoms with Gasteiger partial charge >= 0.3 is 0 Å². The van der Waals surface area contributed by atoms with Crippen molar-refractivity contribution in [2.75, 3.05) is 13.2 Å². The van der Waals surface area contributed by atoms with Crippen LogP contribution in [0.5, 0.6) is 0 Å². The monoisotopic (exact) mass is 240 g/mol. The molecule has 1 aromatic rings. The summed E-state index contributed by atoms with van der Waals surface area (Å²) in [6, 6.07) is 7.65. The third-order valence-electron chi connectivity index (χ3n) is 1.90. The van der Waals surface area contributed by atoms with E-state index in [-0.39, 0.29) is 18.0 Å². The van der Waals surface area contributed by atoms with Crippen LogP contribution in [0.1, 0.15) is 12.0 Å². The molecular weight excluding hydrogens is 228 g/mol. The Labute approximate surface area is 94.4 Å². The molecule has 0 radical (unpaired) electrons. The van der Waals surface area contributed by atoms with Gasteiger partial charge in [0.2, 0.25) is 10.0 Å². The number of aliphatic hydroxyl groups is 1. The third kappa shape index (κ3) is 3.31. The molecule has 6 heteroatoms. The van der Waals surface area contributed by atoms with E-state index >= 15 is 0 Å². The first-order valence-corrected chi connectivity index (χ1v) is 6.19. The number of nitrogens with one attached hydrogen (secondary N) is 1. The lowest BCUT2D eigenvalue weighted by atomic mass is 10.2. The topological polar surface area (TPSA) is 90.2 Å². The smallest absolute Gasteiger partial charge is 0.240 e. The van der Waals surface area contributed by atoms with E-state index in [1.54, 1.807) is 0 Å². The molecule has 0 aliphatic heterocycles. The van der Waals surface area contributed by atoms with Crippen molar-refractivity contribution in [3.63, 3.8) is 0 Å². The normalized spacial score (nSPS) is 11.0. The summed E-state index contributed by atoms with van der Waals surface area (Å²) < 4.78 is 25.7. The van der Waals surface area contributed by atoms with E-state index in [2.05, 4.69) is 4.72 Å². The average Bonchev–Trinajstić information content (AvgIpc) is 2.29. The molecule has 0 heterocycles. The lowest BCUT2D eigenvalue weighted by Crippen LogP contribution is -2.25. The van der Waals surface area contributed by atoms with Crippen LogP contribution in [0.15, 0.2) is 29.2 Å². The Bertz CT molecular complexity index is 491. The molecule has 0 aromatic heterocycles. The minimum atomic E-state index is -3.58. The quantitative estimate of drug-likeness (QED) is 0.720. The average molecular weight is 240 g/mol. The molecule has 86 valence electrons. The van der Waals surface area contributed by atoms with Crippen molar-refractivity contribution in [3.05, 3.63) is 29.8 Å². The number of nitrogens with zero attached hydrogens (tertiary/aromatic N) is 1. The molecule has 2 N–H and O–H groups in total. The molecule has 0 spiro atoms. The Kier molecular flexibility index (Phi) is 4.43. The van der Waals surface area contributed by atoms with Crippen molar-refractivity contribution in [3.8, 4) is 6.07 Å². The summed E-state index contributed by atoms with van der Waals surface area (Å²) in [5.41, 5.74) is 0.296. The lowest BCUT2D eigenvalue weighted by molar-refractivity contribution is 0.289. The van der Waals surface area contributed by atoms with Crippen LogP contribution in [0, 0.1) is 11.3 Å². The second-order valence-electron chi connectivity index (χ2n) is 3.11. The molecule has 0 unspecified atom stereocenters. The van der Waals surface area contributed by atoms with Crippen LogP contribution in [-0.4, -0.2) is 26.7 Å². The zero-order valence-electron chi connectivity index (χ0n) is 8.55. The molecule has 0 bridgehead atoms. The van der Waals surface area contributed by atoms with Gasteiger partial charge in [-0.15, -0.1) is 0 Å². The zero-order valence-corrected chi connectivity index (χ0v) is 9.37. The van der Waals surface area contributed by atoms with Gasteiger partial charge in [0, 0.05) is 13.2 Å². The highest BCUT2D eigenvalue weighted by molar-refractivity contribution is 7.89. The Morgan fingerprint density at radius 2 is 2.19 bits per heavy atom. The van der Waals surface area contributed by atoms with E-state index in [1.165, 1.54) is 24.3 Å². The Morgan fingerprint density at radius 3 is 2.81 bits per heavy atom. The van der Waals surface area contributed by atoms with Crippen molar-refractivity contribution in [1.82, 2.24) is 4.72 Å². The van der Waals surface area contributed by atoms with Gasteiger partial charge in [-0.05, 0) is 24.6 Å². The molecule has 0 amide bonds. The SMILES string of the molecule is N#Cc1cccc(S(=O)(=O)NCCCO)c1. The molecule has 0 saturated heterocycles. The minimum absolute atomic E-state index is 0.0597. The Balaban J connectivity index is 2.86. The van der Waals surface area contributed by atoms with Crippen molar-refractivity contribution >= 4 is 10.0 Å². The fourth-order valence-electron chi connectivity index (χ4n) is 1.10. The summed E-state index contributed by atoms with van der Waals surface area (Å²) in [5.74, 6) is 0. The predicted molar refractivity (Wildman–Crippen MR) is 58.0 cm³/mol. The summed E-state index contributed by atoms with van der Waals surface area (Å²) in [6.45, 7) is 0.108. The zero-order chi connectivity index (χ0) is 12.0. The Hall–Kier alpha value is -1.42. The summed E-state index contributed by atoms with van der Waals surface area (Å²) in [4.78, 5) is 0.0597. The molecule has 5 nitrogen and oxygen atoms in total. The highest BCUT2D eigenvalue weighted by Gasteiger charge is 2.13. The van der Waals surface area contributed by atoms with Crippen molar-refractivity contribution in [2.24, 2.45) is 0 Å². The standard InChI is InChI=1S/C10H12N2O3S/c11-8-9-3-1-4-10(7-9)16(14,15)12-5-2-6-13/h1,3-4,7,12-13H,2,5-6H2. The molecule has 0 aliphatic carbocycles. The van der Waals surface area contributed by atoms with E-state index in [4.69, 9.17) is 10.4 Å². The second kappa shape index (κ2) is 5.61. The van der Waals surface area contributed by atoms with Gasteiger partial charge in [0.1, 0.15) is 0 Å². The van der Waals surface area contributed by atoms with Crippen molar-refractivity contribution < 1.29 is 13.5 Å². The van der Waals surface area contributed by atoms with E-state index in [0.29, 0.717) is 12.0 Å². The van der Waals surface area contributed by atoms with Crippen LogP contribution in [0.2, 0.25) is 0 Å². The van der Waals surface area contributed by atoms with Gasteiger partial charge in [-0.25, -0.2) is 13.1 Å². The maximum atomic E-state index is 11.7. The highest BCUT2D eigenvalue weighted by atomic mass is 32.2. The molecule has 0 atom stereocenters. The number of nitriles is 1.